The maximum atomic E-state index is 14.4. The fourth-order valence-electron chi connectivity index (χ4n) is 3.75. The summed E-state index contributed by atoms with van der Waals surface area (Å²) in [4.78, 5) is 16.7. The van der Waals surface area contributed by atoms with Gasteiger partial charge in [-0.25, -0.2) is 15.0 Å². The Morgan fingerprint density at radius 3 is 2.68 bits per heavy atom. The summed E-state index contributed by atoms with van der Waals surface area (Å²) in [5, 5.41) is 13.3. The molecule has 0 spiro atoms. The van der Waals surface area contributed by atoms with Crippen LogP contribution in [0.15, 0.2) is 36.8 Å². The second-order valence-corrected chi connectivity index (χ2v) is 7.12. The van der Waals surface area contributed by atoms with E-state index in [1.807, 2.05) is 18.2 Å². The van der Waals surface area contributed by atoms with Crippen LogP contribution in [0, 0.1) is 17.3 Å². The van der Waals surface area contributed by atoms with Crippen molar-refractivity contribution in [3.05, 3.63) is 59.6 Å². The second kappa shape index (κ2) is 7.28. The SMILES string of the molecule is COc1ncc(-c2cc([C@H]3C[C@@H]3c3ccc(C#N)nc3)c3ncc(F)n3n2)c(OC)n1. The van der Waals surface area contributed by atoms with E-state index in [4.69, 9.17) is 14.7 Å². The van der Waals surface area contributed by atoms with E-state index in [0.29, 0.717) is 22.6 Å². The molecule has 0 aromatic carbocycles. The van der Waals surface area contributed by atoms with Crippen LogP contribution in [0.1, 0.15) is 35.1 Å². The van der Waals surface area contributed by atoms with Crippen molar-refractivity contribution in [2.24, 2.45) is 0 Å². The number of imidazole rings is 1. The van der Waals surface area contributed by atoms with E-state index >= 15 is 0 Å². The average molecular weight is 417 g/mol. The summed E-state index contributed by atoms with van der Waals surface area (Å²) in [7, 11) is 2.94. The molecular weight excluding hydrogens is 401 g/mol. The molecule has 0 N–H and O–H groups in total. The molecule has 1 fully saturated rings. The first-order valence-corrected chi connectivity index (χ1v) is 9.48. The number of methoxy groups -OCH3 is 2. The number of ether oxygens (including phenoxy) is 2. The van der Waals surface area contributed by atoms with Crippen LogP contribution in [0.2, 0.25) is 0 Å². The lowest BCUT2D eigenvalue weighted by molar-refractivity contribution is 0.353. The van der Waals surface area contributed by atoms with Crippen LogP contribution in [0.4, 0.5) is 4.39 Å². The maximum Gasteiger partial charge on any atom is 0.319 e. The van der Waals surface area contributed by atoms with E-state index in [1.54, 1.807) is 12.3 Å². The zero-order valence-corrected chi connectivity index (χ0v) is 16.7. The number of pyridine rings is 1. The maximum absolute atomic E-state index is 14.4. The zero-order valence-electron chi connectivity index (χ0n) is 16.7. The molecule has 4 aromatic heterocycles. The molecule has 4 aromatic rings. The fourth-order valence-corrected chi connectivity index (χ4v) is 3.75. The topological polar surface area (TPSA) is 111 Å². The van der Waals surface area contributed by atoms with Gasteiger partial charge in [0.05, 0.1) is 31.7 Å². The van der Waals surface area contributed by atoms with Crippen molar-refractivity contribution in [2.45, 2.75) is 18.3 Å². The number of hydrogen-bond donors (Lipinski definition) is 0. The minimum Gasteiger partial charge on any atom is -0.480 e. The van der Waals surface area contributed by atoms with Crippen LogP contribution in [-0.2, 0) is 0 Å². The molecule has 0 saturated heterocycles. The number of halogens is 1. The van der Waals surface area contributed by atoms with Crippen molar-refractivity contribution in [2.75, 3.05) is 14.2 Å². The van der Waals surface area contributed by atoms with Crippen molar-refractivity contribution in [1.82, 2.24) is 29.5 Å². The third-order valence-electron chi connectivity index (χ3n) is 5.36. The van der Waals surface area contributed by atoms with Gasteiger partial charge in [-0.15, -0.1) is 0 Å². The molecular formula is C21H16FN7O2. The van der Waals surface area contributed by atoms with Crippen molar-refractivity contribution in [1.29, 1.82) is 5.26 Å². The zero-order chi connectivity index (χ0) is 21.5. The number of aromatic nitrogens is 6. The van der Waals surface area contributed by atoms with E-state index in [0.717, 1.165) is 23.7 Å². The van der Waals surface area contributed by atoms with Gasteiger partial charge in [0, 0.05) is 18.0 Å². The van der Waals surface area contributed by atoms with Gasteiger partial charge in [0.25, 0.3) is 0 Å². The molecule has 154 valence electrons. The third-order valence-corrected chi connectivity index (χ3v) is 5.36. The van der Waals surface area contributed by atoms with Gasteiger partial charge in [-0.1, -0.05) is 6.07 Å². The molecule has 1 saturated carbocycles. The molecule has 1 aliphatic carbocycles. The van der Waals surface area contributed by atoms with E-state index < -0.39 is 5.95 Å². The minimum absolute atomic E-state index is 0.117. The van der Waals surface area contributed by atoms with Crippen LogP contribution >= 0.6 is 0 Å². The molecule has 0 bridgehead atoms. The molecule has 2 atom stereocenters. The van der Waals surface area contributed by atoms with Crippen molar-refractivity contribution in [3.63, 3.8) is 0 Å². The van der Waals surface area contributed by atoms with Gasteiger partial charge >= 0.3 is 6.01 Å². The molecule has 0 unspecified atom stereocenters. The van der Waals surface area contributed by atoms with Gasteiger partial charge in [0.15, 0.2) is 5.65 Å². The van der Waals surface area contributed by atoms with Gasteiger partial charge in [0.1, 0.15) is 11.8 Å². The Hall–Kier alpha value is -4.13. The highest BCUT2D eigenvalue weighted by Crippen LogP contribution is 2.55. The Balaban J connectivity index is 1.59. The number of nitrogens with zero attached hydrogens (tertiary/aromatic N) is 7. The summed E-state index contributed by atoms with van der Waals surface area (Å²) in [6.45, 7) is 0. The largest absolute Gasteiger partial charge is 0.480 e. The summed E-state index contributed by atoms with van der Waals surface area (Å²) in [6.07, 6.45) is 5.26. The highest BCUT2D eigenvalue weighted by molar-refractivity contribution is 5.68. The van der Waals surface area contributed by atoms with Crippen molar-refractivity contribution in [3.8, 4) is 29.2 Å². The Morgan fingerprint density at radius 1 is 1.10 bits per heavy atom. The highest BCUT2D eigenvalue weighted by atomic mass is 19.1. The van der Waals surface area contributed by atoms with Crippen molar-refractivity contribution >= 4 is 5.65 Å². The summed E-state index contributed by atoms with van der Waals surface area (Å²) in [5.41, 5.74) is 3.69. The molecule has 31 heavy (non-hydrogen) atoms. The summed E-state index contributed by atoms with van der Waals surface area (Å²) < 4.78 is 26.0. The van der Waals surface area contributed by atoms with E-state index in [-0.39, 0.29) is 23.7 Å². The van der Waals surface area contributed by atoms with Crippen molar-refractivity contribution < 1.29 is 13.9 Å². The number of rotatable bonds is 5. The van der Waals surface area contributed by atoms with Crippen LogP contribution in [0.25, 0.3) is 16.9 Å². The minimum atomic E-state index is -0.566. The summed E-state index contributed by atoms with van der Waals surface area (Å²) in [5.74, 6) is 0.0246. The van der Waals surface area contributed by atoms with Gasteiger partial charge in [-0.3, -0.25) is 0 Å². The smallest absolute Gasteiger partial charge is 0.319 e. The molecule has 5 rings (SSSR count). The molecule has 1 aliphatic rings. The van der Waals surface area contributed by atoms with Gasteiger partial charge in [-0.2, -0.15) is 24.3 Å². The first-order chi connectivity index (χ1) is 15.1. The second-order valence-electron chi connectivity index (χ2n) is 7.12. The Labute approximate surface area is 176 Å². The number of nitriles is 1. The van der Waals surface area contributed by atoms with Crippen LogP contribution in [0.3, 0.4) is 0 Å². The van der Waals surface area contributed by atoms with E-state index in [1.165, 1.54) is 24.9 Å². The molecule has 4 heterocycles. The predicted molar refractivity (Wildman–Crippen MR) is 106 cm³/mol. The Bertz CT molecular complexity index is 1330. The normalized spacial score (nSPS) is 17.4. The fraction of sp³-hybridized carbons (Fsp3) is 0.238. The quantitative estimate of drug-likeness (QED) is 0.487. The Morgan fingerprint density at radius 2 is 1.97 bits per heavy atom. The van der Waals surface area contributed by atoms with Crippen LogP contribution in [0.5, 0.6) is 11.9 Å². The monoisotopic (exact) mass is 417 g/mol. The van der Waals surface area contributed by atoms with Crippen LogP contribution in [-0.4, -0.2) is 43.8 Å². The highest BCUT2D eigenvalue weighted by Gasteiger charge is 2.42. The van der Waals surface area contributed by atoms with Gasteiger partial charge < -0.3 is 9.47 Å². The lowest BCUT2D eigenvalue weighted by Crippen LogP contribution is -2.04. The van der Waals surface area contributed by atoms with Crippen LogP contribution < -0.4 is 9.47 Å². The molecule has 10 heteroatoms. The summed E-state index contributed by atoms with van der Waals surface area (Å²) >= 11 is 0. The van der Waals surface area contributed by atoms with Gasteiger partial charge in [0.2, 0.25) is 11.8 Å². The standard InChI is InChI=1S/C21H16FN7O2/c1-30-20-16(9-26-21(27-20)31-2)17-6-15(19-25-10-18(22)29(19)28-17)14-5-13(14)11-3-4-12(7-23)24-8-11/h3-4,6,8-10,13-14H,5H2,1-2H3/t13-,14+/m1/s1. The van der Waals surface area contributed by atoms with Gasteiger partial charge in [-0.05, 0) is 36.0 Å². The van der Waals surface area contributed by atoms with E-state index in [9.17, 15) is 4.39 Å². The molecule has 9 nitrogen and oxygen atoms in total. The first-order valence-electron chi connectivity index (χ1n) is 9.48. The number of fused-ring (bicyclic) bond motifs is 1. The molecule has 0 amide bonds. The predicted octanol–water partition coefficient (Wildman–Crippen LogP) is 2.88. The lowest BCUT2D eigenvalue weighted by Gasteiger charge is -2.10. The summed E-state index contributed by atoms with van der Waals surface area (Å²) in [6, 6.07) is 7.66. The lowest BCUT2D eigenvalue weighted by atomic mass is 10.0. The molecule has 0 aliphatic heterocycles. The first kappa shape index (κ1) is 18.9. The number of hydrogen-bond acceptors (Lipinski definition) is 8. The average Bonchev–Trinajstić information content (AvgIpc) is 3.54. The molecule has 0 radical (unpaired) electrons. The third kappa shape index (κ3) is 3.20. The van der Waals surface area contributed by atoms with E-state index in [2.05, 4.69) is 25.0 Å². The Kier molecular flexibility index (Phi) is 4.43.